The molecule has 2 rings (SSSR count). The number of aromatic nitrogens is 2. The Hall–Kier alpha value is -1.49. The molecule has 3 nitrogen and oxygen atoms in total. The lowest BCUT2D eigenvalue weighted by molar-refractivity contribution is -0.118. The van der Waals surface area contributed by atoms with Crippen molar-refractivity contribution in [3.63, 3.8) is 0 Å². The summed E-state index contributed by atoms with van der Waals surface area (Å²) in [5.41, 5.74) is 1.79. The number of carbonyl (C=O) groups is 1. The van der Waals surface area contributed by atoms with Crippen LogP contribution in [-0.2, 0) is 4.79 Å². The van der Waals surface area contributed by atoms with Gasteiger partial charge < -0.3 is 4.98 Å². The first-order valence-corrected chi connectivity index (χ1v) is 6.17. The van der Waals surface area contributed by atoms with Crippen molar-refractivity contribution < 1.29 is 9.50 Å². The minimum atomic E-state index is 0. The van der Waals surface area contributed by atoms with Crippen LogP contribution in [0.4, 0.5) is 4.70 Å². The van der Waals surface area contributed by atoms with Gasteiger partial charge in [0.05, 0.1) is 5.51 Å². The number of carbonyl (C=O) groups excluding carboxylic acids is 1. The Morgan fingerprint density at radius 2 is 1.82 bits per heavy atom. The Labute approximate surface area is 105 Å². The monoisotopic (exact) mass is 258 g/mol. The van der Waals surface area contributed by atoms with Crippen LogP contribution in [0.5, 0.6) is 0 Å². The van der Waals surface area contributed by atoms with Gasteiger partial charge >= 0.3 is 0 Å². The van der Waals surface area contributed by atoms with Crippen molar-refractivity contribution in [3.05, 3.63) is 41.6 Å². The van der Waals surface area contributed by atoms with Gasteiger partial charge in [-0.2, -0.15) is 0 Å². The number of hydrogen-bond donors (Lipinski definition) is 1. The van der Waals surface area contributed by atoms with E-state index in [0.29, 0.717) is 18.6 Å². The number of nitrogens with zero attached hydrogens (tertiary/aromatic N) is 1. The highest BCUT2D eigenvalue weighted by molar-refractivity contribution is 7.07. The maximum absolute atomic E-state index is 10.2. The molecule has 96 valence electrons. The molecule has 0 atom stereocenters. The van der Waals surface area contributed by atoms with Crippen molar-refractivity contribution in [1.29, 1.82) is 0 Å². The van der Waals surface area contributed by atoms with Crippen LogP contribution in [0.2, 0.25) is 0 Å². The standard InChI is InChI=1S/C5H10O.C4H5N.C3H3NS.FH/c1-3-5(6)4-2;1-2-4-5-3-1;1-2-5-3-4-1;/h3-4H2,1-2H3;1-5H;1-3H;1H. The second-order valence-corrected chi connectivity index (χ2v) is 3.56. The third kappa shape index (κ3) is 14.5. The van der Waals surface area contributed by atoms with Crippen molar-refractivity contribution in [1.82, 2.24) is 9.97 Å². The zero-order valence-corrected chi connectivity index (χ0v) is 10.9. The van der Waals surface area contributed by atoms with Crippen molar-refractivity contribution >= 4 is 17.1 Å². The lowest BCUT2D eigenvalue weighted by Crippen LogP contribution is -1.88. The van der Waals surface area contributed by atoms with E-state index in [1.807, 2.05) is 43.8 Å². The van der Waals surface area contributed by atoms with E-state index in [1.54, 1.807) is 23.0 Å². The van der Waals surface area contributed by atoms with Gasteiger partial charge in [-0.25, -0.2) is 0 Å². The summed E-state index contributed by atoms with van der Waals surface area (Å²) < 4.78 is 0. The number of halogens is 1. The van der Waals surface area contributed by atoms with E-state index in [2.05, 4.69) is 9.97 Å². The molecule has 0 aliphatic rings. The molecule has 0 radical (unpaired) electrons. The number of rotatable bonds is 2. The highest BCUT2D eigenvalue weighted by atomic mass is 32.1. The van der Waals surface area contributed by atoms with Gasteiger partial charge in [-0.15, -0.1) is 11.3 Å². The Bertz CT molecular complexity index is 255. The third-order valence-corrected chi connectivity index (χ3v) is 2.15. The second kappa shape index (κ2) is 14.5. The predicted molar refractivity (Wildman–Crippen MR) is 71.0 cm³/mol. The minimum Gasteiger partial charge on any atom is -0.368 e. The normalized spacial score (nSPS) is 7.65. The van der Waals surface area contributed by atoms with E-state index < -0.39 is 0 Å². The average molecular weight is 258 g/mol. The average Bonchev–Trinajstić information content (AvgIpc) is 3.03. The molecule has 17 heavy (non-hydrogen) atoms. The summed E-state index contributed by atoms with van der Waals surface area (Å²) in [7, 11) is 0. The molecule has 5 heteroatoms. The second-order valence-electron chi connectivity index (χ2n) is 2.81. The summed E-state index contributed by atoms with van der Waals surface area (Å²) in [4.78, 5) is 16.8. The fraction of sp³-hybridized carbons (Fsp3) is 0.333. The maximum atomic E-state index is 10.2. The SMILES string of the molecule is CCC(=O)CC.F.c1cc[nH]c1.c1cscn1. The molecule has 1 N–H and O–H groups in total. The van der Waals surface area contributed by atoms with Crippen molar-refractivity contribution in [2.24, 2.45) is 0 Å². The van der Waals surface area contributed by atoms with E-state index >= 15 is 0 Å². The number of H-pyrrole nitrogens is 1. The van der Waals surface area contributed by atoms with Crippen LogP contribution in [0.25, 0.3) is 0 Å². The first-order chi connectivity index (χ1) is 7.81. The summed E-state index contributed by atoms with van der Waals surface area (Å²) in [5, 5.41) is 1.93. The Morgan fingerprint density at radius 1 is 1.24 bits per heavy atom. The van der Waals surface area contributed by atoms with E-state index in [0.717, 1.165) is 0 Å². The van der Waals surface area contributed by atoms with Crippen LogP contribution < -0.4 is 0 Å². The van der Waals surface area contributed by atoms with Crippen molar-refractivity contribution in [2.75, 3.05) is 0 Å². The quantitative estimate of drug-likeness (QED) is 0.893. The molecule has 0 bridgehead atoms. The molecule has 0 unspecified atom stereocenters. The summed E-state index contributed by atoms with van der Waals surface area (Å²) in [6, 6.07) is 3.89. The molecule has 0 saturated carbocycles. The van der Waals surface area contributed by atoms with Crippen molar-refractivity contribution in [2.45, 2.75) is 26.7 Å². The molecule has 0 aliphatic carbocycles. The van der Waals surface area contributed by atoms with Crippen LogP contribution in [0.15, 0.2) is 41.6 Å². The van der Waals surface area contributed by atoms with Gasteiger partial charge in [-0.1, -0.05) is 13.8 Å². The first-order valence-electron chi connectivity index (χ1n) is 5.22. The fourth-order valence-electron chi connectivity index (χ4n) is 0.703. The largest absolute Gasteiger partial charge is 0.368 e. The number of thiazole rings is 1. The Balaban J connectivity index is 0. The number of hydrogen-bond acceptors (Lipinski definition) is 3. The van der Waals surface area contributed by atoms with Crippen LogP contribution >= 0.6 is 11.3 Å². The van der Waals surface area contributed by atoms with Gasteiger partial charge in [0.2, 0.25) is 0 Å². The van der Waals surface area contributed by atoms with E-state index in [9.17, 15) is 4.79 Å². The van der Waals surface area contributed by atoms with Gasteiger partial charge in [-0.05, 0) is 12.1 Å². The van der Waals surface area contributed by atoms with Gasteiger partial charge in [0.25, 0.3) is 0 Å². The summed E-state index contributed by atoms with van der Waals surface area (Å²) in [5.74, 6) is 0.343. The smallest absolute Gasteiger partial charge is 0.132 e. The molecule has 0 fully saturated rings. The van der Waals surface area contributed by atoms with Crippen molar-refractivity contribution in [3.8, 4) is 0 Å². The molecule has 0 spiro atoms. The lowest BCUT2D eigenvalue weighted by atomic mass is 10.3. The van der Waals surface area contributed by atoms with Crippen LogP contribution in [-0.4, -0.2) is 15.8 Å². The fourth-order valence-corrected chi connectivity index (χ4v) is 1.05. The van der Waals surface area contributed by atoms with Gasteiger partial charge in [0, 0.05) is 36.8 Å². The van der Waals surface area contributed by atoms with Gasteiger partial charge in [-0.3, -0.25) is 14.5 Å². The molecule has 2 aromatic rings. The molecule has 0 aromatic carbocycles. The minimum absolute atomic E-state index is 0. The highest BCUT2D eigenvalue weighted by Gasteiger charge is 1.86. The number of nitrogens with one attached hydrogen (secondary N) is 1. The zero-order chi connectivity index (χ0) is 12.1. The summed E-state index contributed by atoms with van der Waals surface area (Å²) in [6.45, 7) is 3.76. The molecule has 2 heterocycles. The number of aromatic amines is 1. The van der Waals surface area contributed by atoms with E-state index in [4.69, 9.17) is 0 Å². The lowest BCUT2D eigenvalue weighted by Gasteiger charge is -1.81. The van der Waals surface area contributed by atoms with E-state index in [1.165, 1.54) is 0 Å². The van der Waals surface area contributed by atoms with E-state index in [-0.39, 0.29) is 4.70 Å². The highest BCUT2D eigenvalue weighted by Crippen LogP contribution is 1.86. The Kier molecular flexibility index (Phi) is 15.3. The van der Waals surface area contributed by atoms with Gasteiger partial charge in [0.1, 0.15) is 5.78 Å². The first kappa shape index (κ1) is 17.9. The molecular weight excluding hydrogens is 239 g/mol. The predicted octanol–water partition coefficient (Wildman–Crippen LogP) is 3.69. The zero-order valence-electron chi connectivity index (χ0n) is 10.1. The summed E-state index contributed by atoms with van der Waals surface area (Å²) in [6.07, 6.45) is 6.90. The topological polar surface area (TPSA) is 45.8 Å². The number of Topliss-reactive ketones (excluding diaryl/α,β-unsaturated/α-hetero) is 1. The van der Waals surface area contributed by atoms with Gasteiger partial charge in [0.15, 0.2) is 0 Å². The molecule has 0 amide bonds. The van der Waals surface area contributed by atoms with Crippen LogP contribution in [0.1, 0.15) is 26.7 Å². The molecule has 2 aromatic heterocycles. The Morgan fingerprint density at radius 3 is 1.94 bits per heavy atom. The molecular formula is C12H19FN2OS. The summed E-state index contributed by atoms with van der Waals surface area (Å²) >= 11 is 1.60. The maximum Gasteiger partial charge on any atom is 0.132 e. The number of ketones is 1. The van der Waals surface area contributed by atoms with Crippen LogP contribution in [0.3, 0.4) is 0 Å². The van der Waals surface area contributed by atoms with Crippen LogP contribution in [0, 0.1) is 0 Å². The third-order valence-electron chi connectivity index (χ3n) is 1.63. The molecule has 0 aliphatic heterocycles. The molecule has 0 saturated heterocycles.